The van der Waals surface area contributed by atoms with Crippen LogP contribution in [-0.2, 0) is 0 Å². The number of aryl methyl sites for hydroxylation is 1. The lowest BCUT2D eigenvalue weighted by atomic mass is 10.2. The van der Waals surface area contributed by atoms with Gasteiger partial charge >= 0.3 is 0 Å². The first-order valence-corrected chi connectivity index (χ1v) is 4.80. The normalized spacial score (nSPS) is 10.7. The van der Waals surface area contributed by atoms with E-state index in [-0.39, 0.29) is 0 Å². The third-order valence-electron chi connectivity index (χ3n) is 2.04. The second kappa shape index (κ2) is 3.70. The quantitative estimate of drug-likeness (QED) is 0.748. The number of aromatic nitrogens is 1. The van der Waals surface area contributed by atoms with Crippen LogP contribution in [0, 0.1) is 6.92 Å². The predicted molar refractivity (Wildman–Crippen MR) is 54.5 cm³/mol. The average molecular weight is 191 g/mol. The SMILES string of the molecule is CCCOc1noc2ccc(C)cc12. The molecule has 0 radical (unpaired) electrons. The Hall–Kier alpha value is -1.51. The first kappa shape index (κ1) is 9.06. The van der Waals surface area contributed by atoms with Gasteiger partial charge in [0.25, 0.3) is 5.88 Å². The Labute approximate surface area is 82.7 Å². The van der Waals surface area contributed by atoms with E-state index in [1.807, 2.05) is 25.1 Å². The molecule has 3 nitrogen and oxygen atoms in total. The van der Waals surface area contributed by atoms with Gasteiger partial charge in [-0.1, -0.05) is 18.6 Å². The first-order valence-electron chi connectivity index (χ1n) is 4.80. The van der Waals surface area contributed by atoms with Crippen LogP contribution in [0.4, 0.5) is 0 Å². The van der Waals surface area contributed by atoms with Crippen molar-refractivity contribution >= 4 is 11.0 Å². The van der Waals surface area contributed by atoms with Crippen molar-refractivity contribution in [1.29, 1.82) is 0 Å². The lowest BCUT2D eigenvalue weighted by molar-refractivity contribution is 0.284. The van der Waals surface area contributed by atoms with Gasteiger partial charge in [0.2, 0.25) is 0 Å². The van der Waals surface area contributed by atoms with Crippen molar-refractivity contribution < 1.29 is 9.26 Å². The minimum absolute atomic E-state index is 0.602. The number of fused-ring (bicyclic) bond motifs is 1. The molecule has 0 atom stereocenters. The van der Waals surface area contributed by atoms with Crippen molar-refractivity contribution in [2.45, 2.75) is 20.3 Å². The van der Waals surface area contributed by atoms with Crippen molar-refractivity contribution in [3.05, 3.63) is 23.8 Å². The molecule has 0 aliphatic carbocycles. The summed E-state index contributed by atoms with van der Waals surface area (Å²) in [6, 6.07) is 5.93. The Morgan fingerprint density at radius 1 is 1.43 bits per heavy atom. The maximum absolute atomic E-state index is 5.46. The minimum Gasteiger partial charge on any atom is -0.475 e. The van der Waals surface area contributed by atoms with Crippen LogP contribution in [-0.4, -0.2) is 11.8 Å². The van der Waals surface area contributed by atoms with Crippen LogP contribution in [0.25, 0.3) is 11.0 Å². The van der Waals surface area contributed by atoms with Crippen molar-refractivity contribution in [2.24, 2.45) is 0 Å². The molecule has 0 bridgehead atoms. The van der Waals surface area contributed by atoms with E-state index in [1.165, 1.54) is 5.56 Å². The molecule has 1 heterocycles. The van der Waals surface area contributed by atoms with Gasteiger partial charge in [-0.15, -0.1) is 0 Å². The summed E-state index contributed by atoms with van der Waals surface area (Å²) >= 11 is 0. The molecule has 74 valence electrons. The molecule has 2 aromatic rings. The first-order chi connectivity index (χ1) is 6.81. The van der Waals surface area contributed by atoms with Gasteiger partial charge in [0.05, 0.1) is 12.0 Å². The molecular weight excluding hydrogens is 178 g/mol. The van der Waals surface area contributed by atoms with Gasteiger partial charge in [-0.05, 0) is 30.6 Å². The van der Waals surface area contributed by atoms with E-state index in [9.17, 15) is 0 Å². The summed E-state index contributed by atoms with van der Waals surface area (Å²) in [4.78, 5) is 0. The monoisotopic (exact) mass is 191 g/mol. The lowest BCUT2D eigenvalue weighted by Crippen LogP contribution is -1.94. The van der Waals surface area contributed by atoms with Gasteiger partial charge in [-0.3, -0.25) is 0 Å². The van der Waals surface area contributed by atoms with Crippen LogP contribution in [0.15, 0.2) is 22.7 Å². The van der Waals surface area contributed by atoms with Crippen LogP contribution in [0.2, 0.25) is 0 Å². The minimum atomic E-state index is 0.602. The molecule has 0 aliphatic rings. The van der Waals surface area contributed by atoms with Crippen molar-refractivity contribution in [3.63, 3.8) is 0 Å². The van der Waals surface area contributed by atoms with Gasteiger partial charge in [0.15, 0.2) is 5.58 Å². The topological polar surface area (TPSA) is 35.3 Å². The van der Waals surface area contributed by atoms with Gasteiger partial charge in [0.1, 0.15) is 0 Å². The Morgan fingerprint density at radius 2 is 2.29 bits per heavy atom. The zero-order chi connectivity index (χ0) is 9.97. The number of ether oxygens (including phenoxy) is 1. The third kappa shape index (κ3) is 1.58. The summed E-state index contributed by atoms with van der Waals surface area (Å²) in [7, 11) is 0. The second-order valence-corrected chi connectivity index (χ2v) is 3.34. The molecule has 1 aromatic carbocycles. The Kier molecular flexibility index (Phi) is 2.39. The van der Waals surface area contributed by atoms with Crippen LogP contribution in [0.1, 0.15) is 18.9 Å². The van der Waals surface area contributed by atoms with E-state index < -0.39 is 0 Å². The molecule has 0 amide bonds. The fraction of sp³-hybridized carbons (Fsp3) is 0.364. The number of benzene rings is 1. The molecule has 3 heteroatoms. The van der Waals surface area contributed by atoms with Crippen LogP contribution >= 0.6 is 0 Å². The second-order valence-electron chi connectivity index (χ2n) is 3.34. The molecule has 0 N–H and O–H groups in total. The van der Waals surface area contributed by atoms with E-state index in [1.54, 1.807) is 0 Å². The van der Waals surface area contributed by atoms with Gasteiger partial charge < -0.3 is 9.26 Å². The number of rotatable bonds is 3. The summed E-state index contributed by atoms with van der Waals surface area (Å²) < 4.78 is 10.6. The summed E-state index contributed by atoms with van der Waals surface area (Å²) in [5.41, 5.74) is 1.96. The fourth-order valence-corrected chi connectivity index (χ4v) is 1.33. The number of nitrogens with zero attached hydrogens (tertiary/aromatic N) is 1. The molecule has 0 spiro atoms. The van der Waals surface area contributed by atoms with Gasteiger partial charge in [-0.25, -0.2) is 0 Å². The van der Waals surface area contributed by atoms with Crippen LogP contribution < -0.4 is 4.74 Å². The standard InChI is InChI=1S/C11H13NO2/c1-3-6-13-11-9-7-8(2)4-5-10(9)14-12-11/h4-5,7H,3,6H2,1-2H3. The molecule has 14 heavy (non-hydrogen) atoms. The highest BCUT2D eigenvalue weighted by Gasteiger charge is 2.08. The summed E-state index contributed by atoms with van der Waals surface area (Å²) in [5, 5.41) is 4.83. The summed E-state index contributed by atoms with van der Waals surface area (Å²) in [5.74, 6) is 0.602. The zero-order valence-corrected chi connectivity index (χ0v) is 8.41. The molecule has 0 saturated heterocycles. The largest absolute Gasteiger partial charge is 0.475 e. The molecule has 0 saturated carbocycles. The fourth-order valence-electron chi connectivity index (χ4n) is 1.33. The highest BCUT2D eigenvalue weighted by molar-refractivity contribution is 5.82. The molecule has 1 aromatic heterocycles. The van der Waals surface area contributed by atoms with Gasteiger partial charge in [-0.2, -0.15) is 0 Å². The Bertz CT molecular complexity index is 434. The number of hydrogen-bond acceptors (Lipinski definition) is 3. The summed E-state index contributed by atoms with van der Waals surface area (Å²) in [6.45, 7) is 4.78. The molecule has 2 rings (SSSR count). The molecule has 0 fully saturated rings. The van der Waals surface area contributed by atoms with E-state index in [0.29, 0.717) is 12.5 Å². The van der Waals surface area contributed by atoms with Crippen LogP contribution in [0.5, 0.6) is 5.88 Å². The van der Waals surface area contributed by atoms with Crippen molar-refractivity contribution in [3.8, 4) is 5.88 Å². The molecule has 0 aliphatic heterocycles. The third-order valence-corrected chi connectivity index (χ3v) is 2.04. The number of hydrogen-bond donors (Lipinski definition) is 0. The summed E-state index contributed by atoms with van der Waals surface area (Å²) in [6.07, 6.45) is 0.972. The maximum Gasteiger partial charge on any atom is 0.262 e. The Morgan fingerprint density at radius 3 is 3.07 bits per heavy atom. The smallest absolute Gasteiger partial charge is 0.262 e. The predicted octanol–water partition coefficient (Wildman–Crippen LogP) is 2.93. The van der Waals surface area contributed by atoms with E-state index >= 15 is 0 Å². The van der Waals surface area contributed by atoms with Crippen molar-refractivity contribution in [2.75, 3.05) is 6.61 Å². The van der Waals surface area contributed by atoms with E-state index in [2.05, 4.69) is 12.1 Å². The van der Waals surface area contributed by atoms with E-state index in [4.69, 9.17) is 9.26 Å². The molecule has 0 unspecified atom stereocenters. The molecular formula is C11H13NO2. The average Bonchev–Trinajstić information content (AvgIpc) is 2.57. The van der Waals surface area contributed by atoms with Gasteiger partial charge in [0, 0.05) is 0 Å². The van der Waals surface area contributed by atoms with Crippen LogP contribution in [0.3, 0.4) is 0 Å². The van der Waals surface area contributed by atoms with Crippen molar-refractivity contribution in [1.82, 2.24) is 5.16 Å². The lowest BCUT2D eigenvalue weighted by Gasteiger charge is -1.98. The highest BCUT2D eigenvalue weighted by atomic mass is 16.5. The highest BCUT2D eigenvalue weighted by Crippen LogP contribution is 2.25. The zero-order valence-electron chi connectivity index (χ0n) is 8.41. The maximum atomic E-state index is 5.46. The Balaban J connectivity index is 2.40. The van der Waals surface area contributed by atoms with E-state index in [0.717, 1.165) is 17.4 Å².